The standard InChI is InChI=1S/C25H29N5O2S/c1-3-30-24(21-12-5-4-9-18(21)2)27-28-25(30)33-17-22(31)26-20-11-8-10-19(15-20)16-29-14-7-6-13-23(29)32/h4-5,8-12,15H,3,6-7,13-14,16-17H2,1-2H3,(H,26,31). The normalized spacial score (nSPS) is 13.9. The molecule has 0 atom stereocenters. The topological polar surface area (TPSA) is 80.1 Å². The number of amides is 2. The lowest BCUT2D eigenvalue weighted by Crippen LogP contribution is -2.34. The molecule has 3 aromatic rings. The average Bonchev–Trinajstić information content (AvgIpc) is 3.22. The third-order valence-corrected chi connectivity index (χ3v) is 6.72. The van der Waals surface area contributed by atoms with Crippen molar-refractivity contribution in [1.29, 1.82) is 0 Å². The van der Waals surface area contributed by atoms with Crippen LogP contribution in [-0.4, -0.2) is 43.8 Å². The molecule has 33 heavy (non-hydrogen) atoms. The smallest absolute Gasteiger partial charge is 0.234 e. The first kappa shape index (κ1) is 23.0. The molecule has 1 N–H and O–H groups in total. The van der Waals surface area contributed by atoms with Gasteiger partial charge in [0.2, 0.25) is 11.8 Å². The van der Waals surface area contributed by atoms with Gasteiger partial charge in [0.15, 0.2) is 11.0 Å². The van der Waals surface area contributed by atoms with Crippen molar-refractivity contribution in [2.75, 3.05) is 17.6 Å². The van der Waals surface area contributed by atoms with E-state index in [4.69, 9.17) is 0 Å². The molecule has 1 aliphatic rings. The third kappa shape index (κ3) is 5.63. The zero-order valence-electron chi connectivity index (χ0n) is 19.1. The summed E-state index contributed by atoms with van der Waals surface area (Å²) < 4.78 is 2.04. The van der Waals surface area contributed by atoms with E-state index in [1.54, 1.807) is 0 Å². The molecule has 0 saturated carbocycles. The molecule has 0 spiro atoms. The number of carbonyl (C=O) groups excluding carboxylic acids is 2. The van der Waals surface area contributed by atoms with Crippen molar-refractivity contribution in [3.8, 4) is 11.4 Å². The number of hydrogen-bond donors (Lipinski definition) is 1. The first-order valence-electron chi connectivity index (χ1n) is 11.3. The van der Waals surface area contributed by atoms with Crippen LogP contribution in [0, 0.1) is 6.92 Å². The summed E-state index contributed by atoms with van der Waals surface area (Å²) in [5, 5.41) is 12.4. The zero-order valence-corrected chi connectivity index (χ0v) is 19.9. The summed E-state index contributed by atoms with van der Waals surface area (Å²) >= 11 is 1.38. The Morgan fingerprint density at radius 1 is 1.12 bits per heavy atom. The minimum absolute atomic E-state index is 0.103. The van der Waals surface area contributed by atoms with Crippen molar-refractivity contribution in [3.05, 3.63) is 59.7 Å². The summed E-state index contributed by atoms with van der Waals surface area (Å²) in [4.78, 5) is 26.6. The summed E-state index contributed by atoms with van der Waals surface area (Å²) in [5.74, 6) is 1.16. The van der Waals surface area contributed by atoms with Crippen molar-refractivity contribution in [3.63, 3.8) is 0 Å². The summed E-state index contributed by atoms with van der Waals surface area (Å²) in [5.41, 5.74) is 3.94. The van der Waals surface area contributed by atoms with Gasteiger partial charge >= 0.3 is 0 Å². The van der Waals surface area contributed by atoms with Crippen LogP contribution in [0.1, 0.15) is 37.3 Å². The number of anilines is 1. The van der Waals surface area contributed by atoms with E-state index in [9.17, 15) is 9.59 Å². The monoisotopic (exact) mass is 463 g/mol. The van der Waals surface area contributed by atoms with E-state index in [1.165, 1.54) is 11.8 Å². The highest BCUT2D eigenvalue weighted by atomic mass is 32.2. The fourth-order valence-electron chi connectivity index (χ4n) is 4.03. The lowest BCUT2D eigenvalue weighted by molar-refractivity contribution is -0.133. The van der Waals surface area contributed by atoms with Gasteiger partial charge in [-0.3, -0.25) is 9.59 Å². The SMILES string of the molecule is CCn1c(SCC(=O)Nc2cccc(CN3CCCCC3=O)c2)nnc1-c1ccccc1C. The molecule has 172 valence electrons. The highest BCUT2D eigenvalue weighted by Gasteiger charge is 2.18. The number of nitrogens with one attached hydrogen (secondary N) is 1. The molecule has 0 unspecified atom stereocenters. The maximum Gasteiger partial charge on any atom is 0.234 e. The Morgan fingerprint density at radius 2 is 1.97 bits per heavy atom. The van der Waals surface area contributed by atoms with Gasteiger partial charge in [-0.15, -0.1) is 10.2 Å². The second kappa shape index (κ2) is 10.7. The van der Waals surface area contributed by atoms with Gasteiger partial charge in [0.1, 0.15) is 0 Å². The summed E-state index contributed by atoms with van der Waals surface area (Å²) in [6.07, 6.45) is 2.65. The number of aryl methyl sites for hydroxylation is 1. The molecule has 2 aromatic carbocycles. The van der Waals surface area contributed by atoms with Crippen LogP contribution in [0.4, 0.5) is 5.69 Å². The lowest BCUT2D eigenvalue weighted by atomic mass is 10.1. The summed E-state index contributed by atoms with van der Waals surface area (Å²) in [6, 6.07) is 15.8. The predicted molar refractivity (Wildman–Crippen MR) is 131 cm³/mol. The van der Waals surface area contributed by atoms with E-state index in [-0.39, 0.29) is 17.6 Å². The Kier molecular flexibility index (Phi) is 7.44. The third-order valence-electron chi connectivity index (χ3n) is 5.76. The Labute approximate surface area is 198 Å². The van der Waals surface area contributed by atoms with Gasteiger partial charge in [-0.25, -0.2) is 0 Å². The van der Waals surface area contributed by atoms with Crippen molar-refractivity contribution in [2.24, 2.45) is 0 Å². The van der Waals surface area contributed by atoms with Crippen LogP contribution in [0.2, 0.25) is 0 Å². The van der Waals surface area contributed by atoms with Crippen molar-refractivity contribution >= 4 is 29.3 Å². The van der Waals surface area contributed by atoms with E-state index < -0.39 is 0 Å². The minimum Gasteiger partial charge on any atom is -0.338 e. The molecule has 4 rings (SSSR count). The van der Waals surface area contributed by atoms with Gasteiger partial charge < -0.3 is 14.8 Å². The molecule has 0 aliphatic carbocycles. The van der Waals surface area contributed by atoms with Crippen LogP contribution in [-0.2, 0) is 22.7 Å². The van der Waals surface area contributed by atoms with Crippen LogP contribution >= 0.6 is 11.8 Å². The summed E-state index contributed by atoms with van der Waals surface area (Å²) in [6.45, 7) is 6.21. The maximum atomic E-state index is 12.6. The molecule has 7 nitrogen and oxygen atoms in total. The molecule has 2 heterocycles. The van der Waals surface area contributed by atoms with Crippen molar-refractivity contribution in [2.45, 2.75) is 51.4 Å². The first-order chi connectivity index (χ1) is 16.0. The lowest BCUT2D eigenvalue weighted by Gasteiger charge is -2.26. The van der Waals surface area contributed by atoms with Crippen LogP contribution < -0.4 is 5.32 Å². The number of piperidine rings is 1. The largest absolute Gasteiger partial charge is 0.338 e. The van der Waals surface area contributed by atoms with Gasteiger partial charge in [-0.1, -0.05) is 48.2 Å². The van der Waals surface area contributed by atoms with E-state index >= 15 is 0 Å². The average molecular weight is 464 g/mol. The molecule has 1 fully saturated rings. The number of likely N-dealkylation sites (tertiary alicyclic amines) is 1. The first-order valence-corrected chi connectivity index (χ1v) is 12.3. The van der Waals surface area contributed by atoms with Gasteiger partial charge in [0.25, 0.3) is 0 Å². The van der Waals surface area contributed by atoms with Gasteiger partial charge in [-0.2, -0.15) is 0 Å². The van der Waals surface area contributed by atoms with E-state index in [1.807, 2.05) is 58.9 Å². The van der Waals surface area contributed by atoms with Gasteiger partial charge in [0, 0.05) is 37.3 Å². The summed E-state index contributed by atoms with van der Waals surface area (Å²) in [7, 11) is 0. The second-order valence-corrected chi connectivity index (χ2v) is 9.12. The molecule has 0 radical (unpaired) electrons. The number of carbonyl (C=O) groups is 2. The number of rotatable bonds is 8. The molecular weight excluding hydrogens is 434 g/mol. The van der Waals surface area contributed by atoms with Crippen LogP contribution in [0.5, 0.6) is 0 Å². The molecule has 2 amide bonds. The van der Waals surface area contributed by atoms with Crippen LogP contribution in [0.3, 0.4) is 0 Å². The molecule has 1 aliphatic heterocycles. The fourth-order valence-corrected chi connectivity index (χ4v) is 4.83. The quantitative estimate of drug-likeness (QED) is 0.497. The predicted octanol–water partition coefficient (Wildman–Crippen LogP) is 4.52. The van der Waals surface area contributed by atoms with Crippen molar-refractivity contribution < 1.29 is 9.59 Å². The number of hydrogen-bond acceptors (Lipinski definition) is 5. The van der Waals surface area contributed by atoms with E-state index in [0.717, 1.165) is 59.3 Å². The van der Waals surface area contributed by atoms with E-state index in [2.05, 4.69) is 28.5 Å². The number of benzene rings is 2. The van der Waals surface area contributed by atoms with Gasteiger partial charge in [-0.05, 0) is 49.9 Å². The molecular formula is C25H29N5O2S. The Hall–Kier alpha value is -3.13. The second-order valence-electron chi connectivity index (χ2n) is 8.17. The molecule has 8 heteroatoms. The minimum atomic E-state index is -0.103. The van der Waals surface area contributed by atoms with Crippen LogP contribution in [0.15, 0.2) is 53.7 Å². The Balaban J connectivity index is 1.37. The Morgan fingerprint density at radius 3 is 2.76 bits per heavy atom. The molecule has 1 aromatic heterocycles. The zero-order chi connectivity index (χ0) is 23.2. The highest BCUT2D eigenvalue weighted by molar-refractivity contribution is 7.99. The number of aromatic nitrogens is 3. The Bertz CT molecular complexity index is 1140. The number of nitrogens with zero attached hydrogens (tertiary/aromatic N) is 4. The molecule has 0 bridgehead atoms. The fraction of sp³-hybridized carbons (Fsp3) is 0.360. The molecule has 1 saturated heterocycles. The van der Waals surface area contributed by atoms with Crippen LogP contribution in [0.25, 0.3) is 11.4 Å². The van der Waals surface area contributed by atoms with Gasteiger partial charge in [0.05, 0.1) is 5.75 Å². The van der Waals surface area contributed by atoms with Crippen molar-refractivity contribution in [1.82, 2.24) is 19.7 Å². The highest BCUT2D eigenvalue weighted by Crippen LogP contribution is 2.26. The van der Waals surface area contributed by atoms with E-state index in [0.29, 0.717) is 13.0 Å². The number of thioether (sulfide) groups is 1. The maximum absolute atomic E-state index is 12.6.